The Morgan fingerprint density at radius 3 is 3.05 bits per heavy atom. The molecular weight excluding hydrogens is 290 g/mol. The lowest BCUT2D eigenvalue weighted by molar-refractivity contribution is -0.133. The fourth-order valence-electron chi connectivity index (χ4n) is 2.61. The maximum absolute atomic E-state index is 12.1. The third kappa shape index (κ3) is 4.26. The maximum Gasteiger partial charge on any atom is 0.242 e. The van der Waals surface area contributed by atoms with Crippen LogP contribution in [-0.4, -0.2) is 47.5 Å². The van der Waals surface area contributed by atoms with E-state index in [1.807, 2.05) is 17.5 Å². The molecule has 1 fully saturated rings. The van der Waals surface area contributed by atoms with Gasteiger partial charge in [-0.1, -0.05) is 6.07 Å². The van der Waals surface area contributed by atoms with Gasteiger partial charge in [0.25, 0.3) is 0 Å². The molecule has 0 spiro atoms. The number of aliphatic hydroxyl groups excluding tert-OH is 1. The minimum absolute atomic E-state index is 0.0262. The molecule has 0 aromatic carbocycles. The minimum Gasteiger partial charge on any atom is -0.387 e. The lowest BCUT2D eigenvalue weighted by Crippen LogP contribution is -2.44. The first-order valence-electron chi connectivity index (χ1n) is 7.09. The fourth-order valence-corrected chi connectivity index (χ4v) is 3.34. The third-order valence-corrected chi connectivity index (χ3v) is 4.66. The van der Waals surface area contributed by atoms with Crippen LogP contribution in [0, 0.1) is 0 Å². The average molecular weight is 311 g/mol. The van der Waals surface area contributed by atoms with E-state index in [4.69, 9.17) is 5.73 Å². The number of amides is 2. The Bertz CT molecular complexity index is 478. The van der Waals surface area contributed by atoms with Crippen molar-refractivity contribution in [1.29, 1.82) is 0 Å². The topological polar surface area (TPSA) is 95.7 Å². The molecule has 2 rings (SSSR count). The molecule has 0 aliphatic carbocycles. The number of nitrogens with one attached hydrogen (secondary N) is 1. The zero-order chi connectivity index (χ0) is 15.2. The van der Waals surface area contributed by atoms with Crippen LogP contribution < -0.4 is 11.1 Å². The summed E-state index contributed by atoms with van der Waals surface area (Å²) in [7, 11) is 0. The first kappa shape index (κ1) is 15.9. The molecule has 1 aliphatic rings. The molecule has 1 saturated heterocycles. The molecule has 1 aromatic rings. The van der Waals surface area contributed by atoms with E-state index < -0.39 is 6.10 Å². The molecule has 1 aliphatic heterocycles. The van der Waals surface area contributed by atoms with Gasteiger partial charge in [0.2, 0.25) is 11.8 Å². The highest BCUT2D eigenvalue weighted by Crippen LogP contribution is 2.29. The van der Waals surface area contributed by atoms with E-state index in [-0.39, 0.29) is 30.9 Å². The molecule has 116 valence electrons. The number of likely N-dealkylation sites (tertiary alicyclic amines) is 1. The Hall–Kier alpha value is -1.44. The highest BCUT2D eigenvalue weighted by atomic mass is 32.1. The largest absolute Gasteiger partial charge is 0.387 e. The van der Waals surface area contributed by atoms with Gasteiger partial charge in [-0.3, -0.25) is 9.59 Å². The van der Waals surface area contributed by atoms with Crippen LogP contribution in [0.5, 0.6) is 0 Å². The van der Waals surface area contributed by atoms with Gasteiger partial charge in [-0.05, 0) is 30.7 Å². The Kier molecular flexibility index (Phi) is 5.72. The number of carbonyl (C=O) groups is 2. The van der Waals surface area contributed by atoms with E-state index in [0.717, 1.165) is 17.7 Å². The highest BCUT2D eigenvalue weighted by molar-refractivity contribution is 7.10. The standard InChI is InChI=1S/C14H21N3O3S/c15-8-13(19)16-9-14(20)17-5-1-3-10(17)7-11(18)12-4-2-6-21-12/h2,4,6,10-11,18H,1,3,5,7-9,15H2,(H,16,19). The molecule has 2 heterocycles. The van der Waals surface area contributed by atoms with E-state index >= 15 is 0 Å². The van der Waals surface area contributed by atoms with Crippen LogP contribution in [0.25, 0.3) is 0 Å². The molecule has 0 bridgehead atoms. The summed E-state index contributed by atoms with van der Waals surface area (Å²) in [6.45, 7) is 0.536. The third-order valence-electron chi connectivity index (χ3n) is 3.69. The molecule has 0 saturated carbocycles. The normalized spacial score (nSPS) is 19.5. The summed E-state index contributed by atoms with van der Waals surface area (Å²) in [6, 6.07) is 3.84. The molecule has 2 unspecified atom stereocenters. The van der Waals surface area contributed by atoms with Crippen LogP contribution in [0.4, 0.5) is 0 Å². The summed E-state index contributed by atoms with van der Waals surface area (Å²) in [5, 5.41) is 14.6. The predicted molar refractivity (Wildman–Crippen MR) is 80.7 cm³/mol. The number of aliphatic hydroxyl groups is 1. The number of nitrogens with zero attached hydrogens (tertiary/aromatic N) is 1. The molecular formula is C14H21N3O3S. The molecule has 21 heavy (non-hydrogen) atoms. The van der Waals surface area contributed by atoms with E-state index in [9.17, 15) is 14.7 Å². The van der Waals surface area contributed by atoms with Crippen molar-refractivity contribution < 1.29 is 14.7 Å². The predicted octanol–water partition coefficient (Wildman–Crippen LogP) is 0.237. The number of carbonyl (C=O) groups excluding carboxylic acids is 2. The Morgan fingerprint density at radius 2 is 2.38 bits per heavy atom. The Labute approximate surface area is 127 Å². The van der Waals surface area contributed by atoms with Gasteiger partial charge in [0.05, 0.1) is 19.2 Å². The summed E-state index contributed by atoms with van der Waals surface area (Å²) < 4.78 is 0. The van der Waals surface area contributed by atoms with Crippen molar-refractivity contribution >= 4 is 23.2 Å². The second-order valence-corrected chi connectivity index (χ2v) is 6.11. The van der Waals surface area contributed by atoms with Crippen molar-refractivity contribution in [2.24, 2.45) is 5.73 Å². The highest BCUT2D eigenvalue weighted by Gasteiger charge is 2.30. The smallest absolute Gasteiger partial charge is 0.242 e. The quantitative estimate of drug-likeness (QED) is 0.701. The lowest BCUT2D eigenvalue weighted by Gasteiger charge is -2.26. The molecule has 6 nitrogen and oxygen atoms in total. The fraction of sp³-hybridized carbons (Fsp3) is 0.571. The van der Waals surface area contributed by atoms with Gasteiger partial charge < -0.3 is 21.1 Å². The van der Waals surface area contributed by atoms with Gasteiger partial charge in [-0.2, -0.15) is 0 Å². The van der Waals surface area contributed by atoms with E-state index in [1.54, 1.807) is 4.90 Å². The summed E-state index contributed by atoms with van der Waals surface area (Å²) in [4.78, 5) is 25.9. The summed E-state index contributed by atoms with van der Waals surface area (Å²) in [6.07, 6.45) is 1.82. The zero-order valence-corrected chi connectivity index (χ0v) is 12.6. The average Bonchev–Trinajstić information content (AvgIpc) is 3.15. The SMILES string of the molecule is NCC(=O)NCC(=O)N1CCCC1CC(O)c1cccs1. The van der Waals surface area contributed by atoms with Gasteiger partial charge in [0.15, 0.2) is 0 Å². The first-order valence-corrected chi connectivity index (χ1v) is 7.97. The number of nitrogens with two attached hydrogens (primary N) is 1. The van der Waals surface area contributed by atoms with Crippen molar-refractivity contribution in [3.8, 4) is 0 Å². The zero-order valence-electron chi connectivity index (χ0n) is 11.8. The molecule has 4 N–H and O–H groups in total. The molecule has 2 atom stereocenters. The number of thiophene rings is 1. The monoisotopic (exact) mass is 311 g/mol. The molecule has 7 heteroatoms. The Balaban J connectivity index is 1.87. The van der Waals surface area contributed by atoms with Crippen molar-refractivity contribution in [3.05, 3.63) is 22.4 Å². The summed E-state index contributed by atoms with van der Waals surface area (Å²) in [5.74, 6) is -0.449. The van der Waals surface area contributed by atoms with Gasteiger partial charge in [-0.15, -0.1) is 11.3 Å². The van der Waals surface area contributed by atoms with Crippen molar-refractivity contribution in [1.82, 2.24) is 10.2 Å². The Morgan fingerprint density at radius 1 is 1.57 bits per heavy atom. The van der Waals surface area contributed by atoms with E-state index in [2.05, 4.69) is 5.32 Å². The molecule has 1 aromatic heterocycles. The second kappa shape index (κ2) is 7.53. The minimum atomic E-state index is -0.540. The number of rotatable bonds is 6. The van der Waals surface area contributed by atoms with Crippen LogP contribution in [0.2, 0.25) is 0 Å². The van der Waals surface area contributed by atoms with Crippen LogP contribution in [0.15, 0.2) is 17.5 Å². The van der Waals surface area contributed by atoms with Crippen molar-refractivity contribution in [2.75, 3.05) is 19.6 Å². The summed E-state index contributed by atoms with van der Waals surface area (Å²) >= 11 is 1.52. The van der Waals surface area contributed by atoms with Gasteiger partial charge in [-0.25, -0.2) is 0 Å². The second-order valence-electron chi connectivity index (χ2n) is 5.13. The van der Waals surface area contributed by atoms with Gasteiger partial charge in [0.1, 0.15) is 0 Å². The number of hydrogen-bond donors (Lipinski definition) is 3. The first-order chi connectivity index (χ1) is 10.1. The van der Waals surface area contributed by atoms with E-state index in [1.165, 1.54) is 11.3 Å². The van der Waals surface area contributed by atoms with Crippen molar-refractivity contribution in [3.63, 3.8) is 0 Å². The van der Waals surface area contributed by atoms with Gasteiger partial charge in [0, 0.05) is 17.5 Å². The molecule has 0 radical (unpaired) electrons. The molecule has 2 amide bonds. The van der Waals surface area contributed by atoms with Crippen LogP contribution in [-0.2, 0) is 9.59 Å². The van der Waals surface area contributed by atoms with Crippen molar-refractivity contribution in [2.45, 2.75) is 31.4 Å². The summed E-state index contributed by atoms with van der Waals surface area (Å²) in [5.41, 5.74) is 5.19. The van der Waals surface area contributed by atoms with Crippen LogP contribution in [0.3, 0.4) is 0 Å². The lowest BCUT2D eigenvalue weighted by atomic mass is 10.1. The maximum atomic E-state index is 12.1. The van der Waals surface area contributed by atoms with Crippen LogP contribution in [0.1, 0.15) is 30.2 Å². The van der Waals surface area contributed by atoms with Gasteiger partial charge >= 0.3 is 0 Å². The van der Waals surface area contributed by atoms with E-state index in [0.29, 0.717) is 13.0 Å². The number of hydrogen-bond acceptors (Lipinski definition) is 5. The van der Waals surface area contributed by atoms with Crippen LogP contribution >= 0.6 is 11.3 Å².